The minimum atomic E-state index is -4.71. The molecule has 470 valence electrons. The van der Waals surface area contributed by atoms with Gasteiger partial charge < -0.3 is 87.4 Å². The monoisotopic (exact) mass is 1230 g/mol. The number of imide groups is 1. The van der Waals surface area contributed by atoms with Gasteiger partial charge in [0.25, 0.3) is 11.8 Å². The van der Waals surface area contributed by atoms with Crippen LogP contribution in [0.2, 0.25) is 0 Å². The third-order valence-electron chi connectivity index (χ3n) is 12.0. The maximum Gasteiger partial charge on any atom is 0.472 e. The number of unbranched alkanes of at least 4 members (excludes halogenated alkanes) is 1. The number of phosphoric acid groups is 1. The first-order chi connectivity index (χ1) is 39.0. The van der Waals surface area contributed by atoms with E-state index in [0.717, 1.165) is 12.2 Å². The molecule has 0 radical (unpaired) electrons. The van der Waals surface area contributed by atoms with Gasteiger partial charge in [0.15, 0.2) is 0 Å². The number of phosphoric ester groups is 1. The molecule has 0 saturated carbocycles. The topological polar surface area (TPSA) is 487 Å². The highest BCUT2D eigenvalue weighted by molar-refractivity contribution is 7.51. The fourth-order valence-corrected chi connectivity index (χ4v) is 8.82. The number of amides is 12. The van der Waals surface area contributed by atoms with Crippen molar-refractivity contribution in [3.8, 4) is 0 Å². The van der Waals surface area contributed by atoms with E-state index in [1.54, 1.807) is 13.8 Å². The van der Waals surface area contributed by atoms with Crippen molar-refractivity contribution in [1.82, 2.24) is 57.7 Å². The lowest BCUT2D eigenvalue weighted by atomic mass is 10.0. The van der Waals surface area contributed by atoms with E-state index in [1.165, 1.54) is 7.05 Å². The van der Waals surface area contributed by atoms with E-state index in [2.05, 4.69) is 47.9 Å². The number of esters is 1. The summed E-state index contributed by atoms with van der Waals surface area (Å²) in [4.78, 5) is 184. The highest BCUT2D eigenvalue weighted by Crippen LogP contribution is 2.42. The summed E-state index contributed by atoms with van der Waals surface area (Å²) < 4.78 is 48.9. The summed E-state index contributed by atoms with van der Waals surface area (Å²) in [5, 5.41) is 22.2. The number of nitrogens with zero attached hydrogens (tertiary/aromatic N) is 2. The molecule has 34 nitrogen and oxygen atoms in total. The van der Waals surface area contributed by atoms with E-state index in [1.807, 2.05) is 19.0 Å². The van der Waals surface area contributed by atoms with Crippen molar-refractivity contribution in [1.29, 1.82) is 0 Å². The summed E-state index contributed by atoms with van der Waals surface area (Å²) in [6.07, 6.45) is 1.00. The molecule has 36 heteroatoms. The number of carbonyl (C=O) groups is 12. The summed E-state index contributed by atoms with van der Waals surface area (Å²) >= 11 is 0. The number of carbonyl (C=O) groups excluding carboxylic acids is 12. The van der Waals surface area contributed by atoms with E-state index in [-0.39, 0.29) is 71.7 Å². The Morgan fingerprint density at radius 3 is 1.90 bits per heavy atom. The van der Waals surface area contributed by atoms with Crippen LogP contribution in [0.4, 0.5) is 4.79 Å². The molecule has 12 amide bonds. The SMILES string of the molecule is CNC(=O)[C@H](CCCNC(N)=O)NC(=O)[C@@H](NC(=O)[C@H](CC(=O)N[C@H]1CCOC1=O)NC(=O)[C@H](CCCCN(C)C)NC(=O)CCOCCOCCOP(=O)(O)OCCNC(=O)[C@H](CNC(=O)CCP(=O)(O)O)N1C(=O)C=CC1=O)C(C)C. The van der Waals surface area contributed by atoms with Gasteiger partial charge in [-0.2, -0.15) is 0 Å². The summed E-state index contributed by atoms with van der Waals surface area (Å²) in [6.45, 7) is 1.36. The van der Waals surface area contributed by atoms with Crippen molar-refractivity contribution in [2.75, 3.05) is 99.7 Å². The number of ether oxygens (including phenoxy) is 3. The van der Waals surface area contributed by atoms with Crippen LogP contribution in [-0.2, 0) is 85.1 Å². The van der Waals surface area contributed by atoms with Gasteiger partial charge in [-0.25, -0.2) is 14.2 Å². The van der Waals surface area contributed by atoms with Gasteiger partial charge in [-0.15, -0.1) is 0 Å². The van der Waals surface area contributed by atoms with Crippen LogP contribution in [0.3, 0.4) is 0 Å². The van der Waals surface area contributed by atoms with Gasteiger partial charge in [0.1, 0.15) is 36.3 Å². The lowest BCUT2D eigenvalue weighted by Crippen LogP contribution is -2.60. The van der Waals surface area contributed by atoms with Crippen LogP contribution < -0.4 is 53.6 Å². The summed E-state index contributed by atoms with van der Waals surface area (Å²) in [7, 11) is -4.17. The van der Waals surface area contributed by atoms with Gasteiger partial charge in [0.2, 0.25) is 47.3 Å². The molecule has 0 spiro atoms. The van der Waals surface area contributed by atoms with Gasteiger partial charge in [0, 0.05) is 58.1 Å². The predicted octanol–water partition coefficient (Wildman–Crippen LogP) is -5.02. The Hall–Kier alpha value is -6.48. The molecule has 0 aromatic rings. The smallest absolute Gasteiger partial charge is 0.464 e. The van der Waals surface area contributed by atoms with E-state index in [0.29, 0.717) is 24.3 Å². The fourth-order valence-electron chi connectivity index (χ4n) is 7.63. The van der Waals surface area contributed by atoms with Crippen LogP contribution in [0.1, 0.15) is 71.6 Å². The first kappa shape index (κ1) is 72.6. The molecule has 7 atom stereocenters. The third kappa shape index (κ3) is 30.1. The fraction of sp³-hybridized carbons (Fsp3) is 0.702. The molecule has 2 aliphatic rings. The number of urea groups is 1. The summed E-state index contributed by atoms with van der Waals surface area (Å²) in [5.74, 6) is -9.54. The van der Waals surface area contributed by atoms with E-state index in [4.69, 9.17) is 38.8 Å². The maximum atomic E-state index is 14.1. The van der Waals surface area contributed by atoms with Crippen molar-refractivity contribution >= 4 is 86.5 Å². The molecule has 14 N–H and O–H groups in total. The zero-order valence-electron chi connectivity index (χ0n) is 47.0. The molecule has 1 fully saturated rings. The lowest BCUT2D eigenvalue weighted by Gasteiger charge is -2.28. The molecule has 0 aromatic carbocycles. The third-order valence-corrected chi connectivity index (χ3v) is 13.8. The zero-order valence-corrected chi connectivity index (χ0v) is 48.8. The van der Waals surface area contributed by atoms with Crippen LogP contribution in [0.5, 0.6) is 0 Å². The highest BCUT2D eigenvalue weighted by Gasteiger charge is 2.38. The second-order valence-corrected chi connectivity index (χ2v) is 22.6. The number of hydrogen-bond acceptors (Lipinski definition) is 20. The molecular weight excluding hydrogens is 1150 g/mol. The van der Waals surface area contributed by atoms with Gasteiger partial charge in [0.05, 0.1) is 58.8 Å². The molecule has 2 rings (SSSR count). The van der Waals surface area contributed by atoms with Crippen molar-refractivity contribution in [2.24, 2.45) is 11.7 Å². The Kier molecular flexibility index (Phi) is 33.0. The molecule has 1 unspecified atom stereocenters. The molecule has 2 aliphatic heterocycles. The molecule has 2 heterocycles. The van der Waals surface area contributed by atoms with Crippen LogP contribution >= 0.6 is 15.4 Å². The average molecular weight is 1230 g/mol. The minimum absolute atomic E-state index is 0.0478. The lowest BCUT2D eigenvalue weighted by molar-refractivity contribution is -0.145. The van der Waals surface area contributed by atoms with Crippen LogP contribution in [0, 0.1) is 5.92 Å². The maximum absolute atomic E-state index is 14.1. The predicted molar refractivity (Wildman–Crippen MR) is 288 cm³/mol. The molecule has 83 heavy (non-hydrogen) atoms. The second-order valence-electron chi connectivity index (χ2n) is 19.3. The van der Waals surface area contributed by atoms with E-state index in [9.17, 15) is 71.6 Å². The number of cyclic esters (lactones) is 1. The second kappa shape index (κ2) is 37.7. The van der Waals surface area contributed by atoms with Gasteiger partial charge in [-0.05, 0) is 58.7 Å². The molecular formula is C47H80N12O22P2. The molecule has 0 bridgehead atoms. The number of likely N-dealkylation sites (N-methyl/N-ethyl adjacent to an activating group) is 1. The normalized spacial score (nSPS) is 16.6. The Labute approximate surface area is 479 Å². The number of rotatable bonds is 42. The largest absolute Gasteiger partial charge is 0.472 e. The Morgan fingerprint density at radius 1 is 0.699 bits per heavy atom. The number of nitrogens with one attached hydrogen (secondary N) is 9. The Bertz CT molecular complexity index is 2360. The van der Waals surface area contributed by atoms with Gasteiger partial charge in [-0.1, -0.05) is 13.8 Å². The number of nitrogens with two attached hydrogens (primary N) is 1. The van der Waals surface area contributed by atoms with E-state index >= 15 is 0 Å². The number of primary amides is 1. The molecule has 0 aliphatic carbocycles. The quantitative estimate of drug-likeness (QED) is 0.0118. The molecule has 0 aromatic heterocycles. The van der Waals surface area contributed by atoms with Crippen molar-refractivity contribution in [2.45, 2.75) is 108 Å². The summed E-state index contributed by atoms with van der Waals surface area (Å²) in [6, 6.07) is -8.70. The highest BCUT2D eigenvalue weighted by atomic mass is 31.2. The van der Waals surface area contributed by atoms with E-state index < -0.39 is 174 Å². The number of hydrogen-bond donors (Lipinski definition) is 13. The van der Waals surface area contributed by atoms with Crippen LogP contribution in [-0.4, -0.2) is 232 Å². The van der Waals surface area contributed by atoms with Gasteiger partial charge in [-0.3, -0.25) is 66.5 Å². The van der Waals surface area contributed by atoms with Crippen LogP contribution in [0.25, 0.3) is 0 Å². The first-order valence-corrected chi connectivity index (χ1v) is 29.8. The average Bonchev–Trinajstić information content (AvgIpc) is 4.17. The molecule has 1 saturated heterocycles. The minimum Gasteiger partial charge on any atom is -0.464 e. The zero-order chi connectivity index (χ0) is 62.3. The van der Waals surface area contributed by atoms with Gasteiger partial charge >= 0.3 is 27.4 Å². The van der Waals surface area contributed by atoms with Crippen molar-refractivity contribution in [3.05, 3.63) is 12.2 Å². The van der Waals surface area contributed by atoms with Crippen LogP contribution in [0.15, 0.2) is 12.2 Å². The first-order valence-electron chi connectivity index (χ1n) is 26.5. The summed E-state index contributed by atoms with van der Waals surface area (Å²) in [5.41, 5.74) is 5.11. The van der Waals surface area contributed by atoms with Crippen molar-refractivity contribution < 1.29 is 105 Å². The Balaban J connectivity index is 1.97. The van der Waals surface area contributed by atoms with Crippen molar-refractivity contribution in [3.63, 3.8) is 0 Å². The standard InChI is InChI=1S/C47H80N12O22P2/c1-29(2)40(45(69)55-30(41(65)49-3)10-8-16-51-47(48)71)57-43(67)33(27-37(62)54-32-13-20-79-46(32)70)56-42(66)31(9-6-7-18-58(4)5)53-36(61)14-19-77-22-23-78-24-25-81-83(75,76)80-21-17-50-44(68)34(59-38(63)11-12-39(59)64)28-52-35(60)15-26-82(72,73)74/h11-12,29-34,40H,6-10,13-28H2,1-5H3,(H,49,65)(H,50,68)(H,52,60)(H,53,61)(H,54,62)(H,55,69)(H,56,66)(H,57,67)(H,75,76)(H3,48,51,71)(H2,72,73,74)/t30-,31-,32-,33-,34-,40-/m0/s1. The Morgan fingerprint density at radius 2 is 1.30 bits per heavy atom.